The molecule has 0 radical (unpaired) electrons. The Balaban J connectivity index is 2.42. The van der Waals surface area contributed by atoms with Crippen LogP contribution < -0.4 is 5.73 Å². The molecule has 2 N–H and O–H groups in total. The van der Waals surface area contributed by atoms with Crippen molar-refractivity contribution in [1.82, 2.24) is 0 Å². The molecule has 0 aliphatic heterocycles. The summed E-state index contributed by atoms with van der Waals surface area (Å²) in [5.74, 6) is -0.273. The molecule has 2 rings (SSSR count). The summed E-state index contributed by atoms with van der Waals surface area (Å²) < 4.78 is 14.4. The third-order valence-corrected chi connectivity index (χ3v) is 4.31. The molecule has 0 bridgehead atoms. The maximum atomic E-state index is 13.7. The molecule has 0 aliphatic carbocycles. The maximum Gasteiger partial charge on any atom is 0.128 e. The fraction of sp³-hybridized carbons (Fsp3) is 0.231. The van der Waals surface area contributed by atoms with Gasteiger partial charge in [-0.3, -0.25) is 0 Å². The van der Waals surface area contributed by atoms with Gasteiger partial charge >= 0.3 is 0 Å². The van der Waals surface area contributed by atoms with Crippen LogP contribution in [0, 0.1) is 19.7 Å². The monoisotopic (exact) mass is 269 g/mol. The van der Waals surface area contributed by atoms with Crippen LogP contribution in [0.5, 0.6) is 0 Å². The van der Waals surface area contributed by atoms with Crippen molar-refractivity contribution < 1.29 is 4.39 Å². The van der Waals surface area contributed by atoms with Crippen molar-refractivity contribution >= 4 is 22.9 Å². The number of thiophene rings is 1. The van der Waals surface area contributed by atoms with E-state index in [1.54, 1.807) is 12.1 Å². The van der Waals surface area contributed by atoms with Gasteiger partial charge in [-0.25, -0.2) is 4.39 Å². The molecule has 0 saturated heterocycles. The van der Waals surface area contributed by atoms with Crippen molar-refractivity contribution in [3.8, 4) is 0 Å². The Morgan fingerprint density at radius 2 is 2.00 bits per heavy atom. The molecule has 1 aromatic heterocycles. The van der Waals surface area contributed by atoms with E-state index in [1.165, 1.54) is 17.4 Å². The van der Waals surface area contributed by atoms with E-state index < -0.39 is 6.04 Å². The Morgan fingerprint density at radius 1 is 1.29 bits per heavy atom. The lowest BCUT2D eigenvalue weighted by atomic mass is 10.0. The highest BCUT2D eigenvalue weighted by Gasteiger charge is 2.16. The van der Waals surface area contributed by atoms with Gasteiger partial charge in [-0.2, -0.15) is 0 Å². The van der Waals surface area contributed by atoms with Crippen LogP contribution in [0.25, 0.3) is 0 Å². The number of aryl methyl sites for hydroxylation is 2. The van der Waals surface area contributed by atoms with Crippen LogP contribution in [0.2, 0.25) is 4.34 Å². The van der Waals surface area contributed by atoms with Crippen LogP contribution in [0.4, 0.5) is 4.39 Å². The highest BCUT2D eigenvalue weighted by Crippen LogP contribution is 2.33. The molecule has 90 valence electrons. The molecular weight excluding hydrogens is 257 g/mol. The molecular formula is C13H13ClFNS. The van der Waals surface area contributed by atoms with Crippen LogP contribution in [0.1, 0.15) is 27.6 Å². The predicted molar refractivity (Wildman–Crippen MR) is 71.2 cm³/mol. The molecule has 0 amide bonds. The first-order valence-corrected chi connectivity index (χ1v) is 6.46. The van der Waals surface area contributed by atoms with E-state index in [2.05, 4.69) is 0 Å². The summed E-state index contributed by atoms with van der Waals surface area (Å²) in [5.41, 5.74) is 8.57. The second-order valence-electron chi connectivity index (χ2n) is 4.11. The van der Waals surface area contributed by atoms with E-state index in [-0.39, 0.29) is 5.82 Å². The lowest BCUT2D eigenvalue weighted by Crippen LogP contribution is -2.12. The van der Waals surface area contributed by atoms with Gasteiger partial charge in [0.25, 0.3) is 0 Å². The molecule has 0 saturated carbocycles. The molecule has 2 aromatic rings. The summed E-state index contributed by atoms with van der Waals surface area (Å²) >= 11 is 7.41. The number of benzene rings is 1. The SMILES string of the molecule is Cc1ccc(F)c(C(N)c2cc(C)c(Cl)s2)c1. The third-order valence-electron chi connectivity index (χ3n) is 2.67. The number of rotatable bonds is 2. The fourth-order valence-electron chi connectivity index (χ4n) is 1.69. The Morgan fingerprint density at radius 3 is 2.59 bits per heavy atom. The Kier molecular flexibility index (Phi) is 3.52. The van der Waals surface area contributed by atoms with Gasteiger partial charge in [-0.05, 0) is 31.5 Å². The molecule has 0 spiro atoms. The third kappa shape index (κ3) is 2.51. The van der Waals surface area contributed by atoms with Gasteiger partial charge < -0.3 is 5.73 Å². The van der Waals surface area contributed by atoms with Crippen molar-refractivity contribution in [2.75, 3.05) is 0 Å². The van der Waals surface area contributed by atoms with Crippen molar-refractivity contribution in [2.45, 2.75) is 19.9 Å². The van der Waals surface area contributed by atoms with Crippen molar-refractivity contribution in [1.29, 1.82) is 0 Å². The minimum absolute atomic E-state index is 0.273. The molecule has 4 heteroatoms. The average molecular weight is 270 g/mol. The van der Waals surface area contributed by atoms with Crippen LogP contribution >= 0.6 is 22.9 Å². The van der Waals surface area contributed by atoms with E-state index >= 15 is 0 Å². The topological polar surface area (TPSA) is 26.0 Å². The molecule has 1 atom stereocenters. The number of hydrogen-bond acceptors (Lipinski definition) is 2. The highest BCUT2D eigenvalue weighted by atomic mass is 35.5. The van der Waals surface area contributed by atoms with Crippen LogP contribution in [0.3, 0.4) is 0 Å². The Hall–Kier alpha value is -0.900. The lowest BCUT2D eigenvalue weighted by molar-refractivity contribution is 0.600. The van der Waals surface area contributed by atoms with Gasteiger partial charge in [-0.1, -0.05) is 29.3 Å². The van der Waals surface area contributed by atoms with Gasteiger partial charge in [0, 0.05) is 10.4 Å². The molecule has 1 unspecified atom stereocenters. The first-order valence-electron chi connectivity index (χ1n) is 5.26. The zero-order valence-electron chi connectivity index (χ0n) is 9.63. The van der Waals surface area contributed by atoms with E-state index in [9.17, 15) is 4.39 Å². The molecule has 1 nitrogen and oxygen atoms in total. The van der Waals surface area contributed by atoms with Gasteiger partial charge in [-0.15, -0.1) is 11.3 Å². The van der Waals surface area contributed by atoms with Gasteiger partial charge in [0.2, 0.25) is 0 Å². The molecule has 0 aliphatic rings. The summed E-state index contributed by atoms with van der Waals surface area (Å²) in [6.07, 6.45) is 0. The first-order chi connectivity index (χ1) is 7.99. The zero-order chi connectivity index (χ0) is 12.6. The van der Waals surface area contributed by atoms with E-state index in [1.807, 2.05) is 19.9 Å². The van der Waals surface area contributed by atoms with E-state index in [4.69, 9.17) is 17.3 Å². The highest BCUT2D eigenvalue weighted by molar-refractivity contribution is 7.16. The Labute approximate surface area is 109 Å². The normalized spacial score (nSPS) is 12.8. The van der Waals surface area contributed by atoms with E-state index in [0.29, 0.717) is 9.90 Å². The van der Waals surface area contributed by atoms with Crippen LogP contribution in [0.15, 0.2) is 24.3 Å². The first kappa shape index (κ1) is 12.6. The number of nitrogens with two attached hydrogens (primary N) is 1. The van der Waals surface area contributed by atoms with Crippen LogP contribution in [-0.4, -0.2) is 0 Å². The summed E-state index contributed by atoms with van der Waals surface area (Å²) in [7, 11) is 0. The largest absolute Gasteiger partial charge is 0.320 e. The van der Waals surface area contributed by atoms with Gasteiger partial charge in [0.05, 0.1) is 10.4 Å². The molecule has 17 heavy (non-hydrogen) atoms. The molecule has 1 aromatic carbocycles. The minimum atomic E-state index is -0.453. The van der Waals surface area contributed by atoms with Crippen molar-refractivity contribution in [2.24, 2.45) is 5.73 Å². The Bertz CT molecular complexity index is 531. The number of halogens is 2. The molecule has 0 fully saturated rings. The quantitative estimate of drug-likeness (QED) is 0.869. The zero-order valence-corrected chi connectivity index (χ0v) is 11.2. The second-order valence-corrected chi connectivity index (χ2v) is 5.79. The summed E-state index contributed by atoms with van der Waals surface area (Å²) in [4.78, 5) is 0.886. The molecule has 1 heterocycles. The van der Waals surface area contributed by atoms with Crippen LogP contribution in [-0.2, 0) is 0 Å². The van der Waals surface area contributed by atoms with E-state index in [0.717, 1.165) is 16.0 Å². The van der Waals surface area contributed by atoms with Gasteiger partial charge in [0.15, 0.2) is 0 Å². The minimum Gasteiger partial charge on any atom is -0.320 e. The average Bonchev–Trinajstić information content (AvgIpc) is 2.62. The summed E-state index contributed by atoms with van der Waals surface area (Å²) in [5, 5.41) is 0. The fourth-order valence-corrected chi connectivity index (χ4v) is 2.93. The summed E-state index contributed by atoms with van der Waals surface area (Å²) in [6, 6.07) is 6.43. The summed E-state index contributed by atoms with van der Waals surface area (Å²) in [6.45, 7) is 3.84. The maximum absolute atomic E-state index is 13.7. The van der Waals surface area contributed by atoms with Gasteiger partial charge in [0.1, 0.15) is 5.82 Å². The van der Waals surface area contributed by atoms with Crippen molar-refractivity contribution in [3.05, 3.63) is 56.0 Å². The van der Waals surface area contributed by atoms with Crippen molar-refractivity contribution in [3.63, 3.8) is 0 Å². The predicted octanol–water partition coefficient (Wildman–Crippen LogP) is 4.21. The second kappa shape index (κ2) is 4.77. The number of hydrogen-bond donors (Lipinski definition) is 1. The smallest absolute Gasteiger partial charge is 0.128 e. The lowest BCUT2D eigenvalue weighted by Gasteiger charge is -2.11. The standard InChI is InChI=1S/C13H13ClFNS/c1-7-3-4-10(15)9(5-7)12(16)11-6-8(2)13(14)17-11/h3-6,12H,16H2,1-2H3.